The molecule has 0 radical (unpaired) electrons. The van der Waals surface area contributed by atoms with Gasteiger partial charge in [-0.3, -0.25) is 4.79 Å². The summed E-state index contributed by atoms with van der Waals surface area (Å²) >= 11 is 0. The lowest BCUT2D eigenvalue weighted by Crippen LogP contribution is -2.33. The highest BCUT2D eigenvalue weighted by Crippen LogP contribution is 2.40. The Balaban J connectivity index is 2.56. The molecule has 1 rings (SSSR count). The maximum atomic E-state index is 13.4. The molecule has 0 aromatic heterocycles. The zero-order valence-corrected chi connectivity index (χ0v) is 9.35. The van der Waals surface area contributed by atoms with E-state index in [1.54, 1.807) is 13.8 Å². The molecule has 1 aliphatic carbocycles. The Bertz CT molecular complexity index is 265. The summed E-state index contributed by atoms with van der Waals surface area (Å²) in [6.45, 7) is 3.60. The molecule has 1 nitrogen and oxygen atoms in total. The van der Waals surface area contributed by atoms with Gasteiger partial charge in [-0.25, -0.2) is 8.78 Å². The van der Waals surface area contributed by atoms with Crippen LogP contribution in [0.15, 0.2) is 11.6 Å². The van der Waals surface area contributed by atoms with Gasteiger partial charge in [0.15, 0.2) is 5.78 Å². The molecule has 0 saturated heterocycles. The second kappa shape index (κ2) is 4.86. The summed E-state index contributed by atoms with van der Waals surface area (Å²) in [5, 5.41) is 0. The average Bonchev–Trinajstić information content (AvgIpc) is 2.07. The number of hydrogen-bond donors (Lipinski definition) is 0. The maximum Gasteiger partial charge on any atom is 0.251 e. The Hall–Kier alpha value is -0.730. The Kier molecular flexibility index (Phi) is 4.00. The number of alkyl halides is 2. The predicted molar refractivity (Wildman–Crippen MR) is 56.0 cm³/mol. The van der Waals surface area contributed by atoms with Crippen LogP contribution in [0.5, 0.6) is 0 Å². The standard InChI is InChI=1S/C12H18F2O/c1-9(2)7-11(15)8-10-5-3-4-6-12(10,13)14/h7,10H,3-6,8H2,1-2H3. The fourth-order valence-electron chi connectivity index (χ4n) is 2.04. The van der Waals surface area contributed by atoms with Crippen molar-refractivity contribution in [1.29, 1.82) is 0 Å². The van der Waals surface area contributed by atoms with E-state index in [2.05, 4.69) is 0 Å². The summed E-state index contributed by atoms with van der Waals surface area (Å²) in [6, 6.07) is 0. The molecule has 0 amide bonds. The number of ketones is 1. The second-order valence-electron chi connectivity index (χ2n) is 4.60. The topological polar surface area (TPSA) is 17.1 Å². The van der Waals surface area contributed by atoms with E-state index in [-0.39, 0.29) is 18.6 Å². The number of carbonyl (C=O) groups is 1. The van der Waals surface area contributed by atoms with Gasteiger partial charge in [0.1, 0.15) is 0 Å². The van der Waals surface area contributed by atoms with E-state index in [4.69, 9.17) is 0 Å². The molecular weight excluding hydrogens is 198 g/mol. The number of rotatable bonds is 3. The Morgan fingerprint density at radius 3 is 2.60 bits per heavy atom. The third kappa shape index (κ3) is 3.73. The summed E-state index contributed by atoms with van der Waals surface area (Å²) in [5.74, 6) is -3.54. The molecule has 1 saturated carbocycles. The van der Waals surface area contributed by atoms with Crippen molar-refractivity contribution >= 4 is 5.78 Å². The molecule has 0 N–H and O–H groups in total. The fourth-order valence-corrected chi connectivity index (χ4v) is 2.04. The number of halogens is 2. The van der Waals surface area contributed by atoms with Gasteiger partial charge in [0, 0.05) is 18.8 Å². The summed E-state index contributed by atoms with van der Waals surface area (Å²) < 4.78 is 26.8. The quantitative estimate of drug-likeness (QED) is 0.657. The molecule has 15 heavy (non-hydrogen) atoms. The van der Waals surface area contributed by atoms with Gasteiger partial charge in [-0.15, -0.1) is 0 Å². The van der Waals surface area contributed by atoms with E-state index in [0.717, 1.165) is 12.0 Å². The Labute approximate surface area is 89.6 Å². The molecule has 3 heteroatoms. The molecule has 0 heterocycles. The van der Waals surface area contributed by atoms with Crippen LogP contribution in [0.1, 0.15) is 46.0 Å². The zero-order chi connectivity index (χ0) is 11.5. The molecule has 1 unspecified atom stereocenters. The SMILES string of the molecule is CC(C)=CC(=O)CC1CCCCC1(F)F. The zero-order valence-electron chi connectivity index (χ0n) is 9.35. The van der Waals surface area contributed by atoms with Gasteiger partial charge in [-0.1, -0.05) is 12.0 Å². The van der Waals surface area contributed by atoms with Crippen molar-refractivity contribution in [2.24, 2.45) is 5.92 Å². The molecule has 0 aromatic rings. The first-order chi connectivity index (χ1) is 6.92. The van der Waals surface area contributed by atoms with Gasteiger partial charge in [0.2, 0.25) is 0 Å². The van der Waals surface area contributed by atoms with E-state index in [1.165, 1.54) is 6.08 Å². The normalized spacial score (nSPS) is 24.7. The minimum atomic E-state index is -2.64. The predicted octanol–water partition coefficient (Wildman–Crippen LogP) is 3.74. The van der Waals surface area contributed by atoms with Crippen LogP contribution in [-0.2, 0) is 4.79 Å². The molecule has 1 fully saturated rings. The molecule has 0 aliphatic heterocycles. The molecular formula is C12H18F2O. The highest BCUT2D eigenvalue weighted by atomic mass is 19.3. The highest BCUT2D eigenvalue weighted by molar-refractivity contribution is 5.90. The van der Waals surface area contributed by atoms with E-state index >= 15 is 0 Å². The van der Waals surface area contributed by atoms with Crippen molar-refractivity contribution in [3.63, 3.8) is 0 Å². The van der Waals surface area contributed by atoms with Crippen LogP contribution in [0.25, 0.3) is 0 Å². The van der Waals surface area contributed by atoms with E-state index in [0.29, 0.717) is 12.8 Å². The lowest BCUT2D eigenvalue weighted by atomic mass is 9.82. The van der Waals surface area contributed by atoms with Crippen molar-refractivity contribution in [1.82, 2.24) is 0 Å². The van der Waals surface area contributed by atoms with Crippen molar-refractivity contribution < 1.29 is 13.6 Å². The minimum absolute atomic E-state index is 0.00181. The van der Waals surface area contributed by atoms with Gasteiger partial charge in [0.25, 0.3) is 5.92 Å². The molecule has 86 valence electrons. The van der Waals surface area contributed by atoms with E-state index in [9.17, 15) is 13.6 Å². The molecule has 0 spiro atoms. The first-order valence-corrected chi connectivity index (χ1v) is 5.47. The van der Waals surface area contributed by atoms with Gasteiger partial charge >= 0.3 is 0 Å². The van der Waals surface area contributed by atoms with Crippen molar-refractivity contribution in [3.05, 3.63) is 11.6 Å². The van der Waals surface area contributed by atoms with Crippen LogP contribution in [0.3, 0.4) is 0 Å². The van der Waals surface area contributed by atoms with Gasteiger partial charge in [-0.2, -0.15) is 0 Å². The van der Waals surface area contributed by atoms with Gasteiger partial charge < -0.3 is 0 Å². The van der Waals surface area contributed by atoms with Crippen molar-refractivity contribution in [3.8, 4) is 0 Å². The number of hydrogen-bond acceptors (Lipinski definition) is 1. The van der Waals surface area contributed by atoms with Gasteiger partial charge in [-0.05, 0) is 32.8 Å². The highest BCUT2D eigenvalue weighted by Gasteiger charge is 2.41. The largest absolute Gasteiger partial charge is 0.295 e. The number of carbonyl (C=O) groups excluding carboxylic acids is 1. The Morgan fingerprint density at radius 1 is 1.40 bits per heavy atom. The second-order valence-corrected chi connectivity index (χ2v) is 4.60. The van der Waals surface area contributed by atoms with E-state index < -0.39 is 11.8 Å². The molecule has 0 aromatic carbocycles. The van der Waals surface area contributed by atoms with Gasteiger partial charge in [0.05, 0.1) is 0 Å². The maximum absolute atomic E-state index is 13.4. The Morgan fingerprint density at radius 2 is 2.07 bits per heavy atom. The van der Waals surface area contributed by atoms with Crippen molar-refractivity contribution in [2.75, 3.05) is 0 Å². The first kappa shape index (κ1) is 12.3. The van der Waals surface area contributed by atoms with Crippen LogP contribution in [0.4, 0.5) is 8.78 Å². The third-order valence-electron chi connectivity index (χ3n) is 2.81. The van der Waals surface area contributed by atoms with Crippen LogP contribution in [0, 0.1) is 5.92 Å². The van der Waals surface area contributed by atoms with Crippen LogP contribution >= 0.6 is 0 Å². The van der Waals surface area contributed by atoms with Crippen LogP contribution in [-0.4, -0.2) is 11.7 Å². The summed E-state index contributed by atoms with van der Waals surface area (Å²) in [7, 11) is 0. The molecule has 1 aliphatic rings. The van der Waals surface area contributed by atoms with Crippen LogP contribution in [0.2, 0.25) is 0 Å². The summed E-state index contributed by atoms with van der Waals surface area (Å²) in [4.78, 5) is 11.4. The fraction of sp³-hybridized carbons (Fsp3) is 0.750. The molecule has 1 atom stereocenters. The smallest absolute Gasteiger partial charge is 0.251 e. The lowest BCUT2D eigenvalue weighted by Gasteiger charge is -2.30. The van der Waals surface area contributed by atoms with Crippen LogP contribution < -0.4 is 0 Å². The monoisotopic (exact) mass is 216 g/mol. The first-order valence-electron chi connectivity index (χ1n) is 5.47. The third-order valence-corrected chi connectivity index (χ3v) is 2.81. The minimum Gasteiger partial charge on any atom is -0.295 e. The summed E-state index contributed by atoms with van der Waals surface area (Å²) in [5.41, 5.74) is 0.874. The van der Waals surface area contributed by atoms with Crippen molar-refractivity contribution in [2.45, 2.75) is 51.9 Å². The van der Waals surface area contributed by atoms with E-state index in [1.807, 2.05) is 0 Å². The summed E-state index contributed by atoms with van der Waals surface area (Å²) in [6.07, 6.45) is 3.29. The lowest BCUT2D eigenvalue weighted by molar-refractivity contribution is -0.124. The average molecular weight is 216 g/mol. The number of allylic oxidation sites excluding steroid dienone is 2. The molecule has 0 bridgehead atoms.